The Kier molecular flexibility index (Phi) is 8.87. The minimum Gasteiger partial charge on any atom is -0.466 e. The third-order valence-electron chi connectivity index (χ3n) is 3.64. The molecular formula is C16H31N3O2. The summed E-state index contributed by atoms with van der Waals surface area (Å²) in [4.78, 5) is 15.8. The van der Waals surface area contributed by atoms with Crippen LogP contribution in [-0.4, -0.2) is 37.7 Å². The lowest BCUT2D eigenvalue weighted by molar-refractivity contribution is -0.143. The van der Waals surface area contributed by atoms with Crippen molar-refractivity contribution in [3.05, 3.63) is 0 Å². The van der Waals surface area contributed by atoms with Crippen LogP contribution in [0.5, 0.6) is 0 Å². The minimum atomic E-state index is -0.0762. The Morgan fingerprint density at radius 3 is 2.57 bits per heavy atom. The number of hydrogen-bond acceptors (Lipinski definition) is 3. The number of aliphatic imine (C=N–C) groups is 1. The van der Waals surface area contributed by atoms with Crippen molar-refractivity contribution in [2.24, 2.45) is 10.9 Å². The number of esters is 1. The van der Waals surface area contributed by atoms with Gasteiger partial charge in [-0.3, -0.25) is 9.79 Å². The molecular weight excluding hydrogens is 266 g/mol. The minimum absolute atomic E-state index is 0.0762. The molecule has 1 saturated carbocycles. The Bertz CT molecular complexity index is 331. The Morgan fingerprint density at radius 2 is 1.95 bits per heavy atom. The van der Waals surface area contributed by atoms with E-state index in [2.05, 4.69) is 29.5 Å². The van der Waals surface area contributed by atoms with Crippen molar-refractivity contribution < 1.29 is 9.53 Å². The quantitative estimate of drug-likeness (QED) is 0.281. The van der Waals surface area contributed by atoms with Crippen LogP contribution in [0.2, 0.25) is 0 Å². The van der Waals surface area contributed by atoms with Gasteiger partial charge in [0.15, 0.2) is 5.96 Å². The molecule has 0 aromatic carbocycles. The van der Waals surface area contributed by atoms with Gasteiger partial charge in [-0.15, -0.1) is 0 Å². The zero-order chi connectivity index (χ0) is 15.5. The van der Waals surface area contributed by atoms with Gasteiger partial charge in [0, 0.05) is 25.6 Å². The van der Waals surface area contributed by atoms with Crippen molar-refractivity contribution in [1.29, 1.82) is 0 Å². The molecule has 0 aliphatic heterocycles. The highest BCUT2D eigenvalue weighted by Crippen LogP contribution is 2.28. The van der Waals surface area contributed by atoms with E-state index < -0.39 is 0 Å². The third kappa shape index (κ3) is 8.58. The van der Waals surface area contributed by atoms with Gasteiger partial charge < -0.3 is 15.4 Å². The summed E-state index contributed by atoms with van der Waals surface area (Å²) < 4.78 is 4.90. The number of ether oxygens (including phenoxy) is 1. The van der Waals surface area contributed by atoms with E-state index in [1.54, 1.807) is 0 Å². The standard InChI is InChI=1S/C16H31N3O2/c1-4-17-16(19-14-12-13(14)3)18-11-9-7-6-8-10-15(20)21-5-2/h13-14H,4-12H2,1-3H3,(H2,17,18,19). The summed E-state index contributed by atoms with van der Waals surface area (Å²) in [5.74, 6) is 1.64. The van der Waals surface area contributed by atoms with Gasteiger partial charge in [0.1, 0.15) is 0 Å². The molecule has 0 bridgehead atoms. The van der Waals surface area contributed by atoms with Gasteiger partial charge in [-0.25, -0.2) is 0 Å². The second kappa shape index (κ2) is 10.5. The van der Waals surface area contributed by atoms with Crippen LogP contribution in [0.1, 0.15) is 59.3 Å². The van der Waals surface area contributed by atoms with E-state index in [-0.39, 0.29) is 5.97 Å². The van der Waals surface area contributed by atoms with Crippen LogP contribution >= 0.6 is 0 Å². The summed E-state index contributed by atoms with van der Waals surface area (Å²) >= 11 is 0. The predicted molar refractivity (Wildman–Crippen MR) is 86.4 cm³/mol. The number of carbonyl (C=O) groups excluding carboxylic acids is 1. The lowest BCUT2D eigenvalue weighted by Gasteiger charge is -2.10. The fourth-order valence-corrected chi connectivity index (χ4v) is 2.18. The molecule has 1 fully saturated rings. The van der Waals surface area contributed by atoms with Crippen LogP contribution in [0, 0.1) is 5.92 Å². The summed E-state index contributed by atoms with van der Waals surface area (Å²) in [6.45, 7) is 8.40. The van der Waals surface area contributed by atoms with Gasteiger partial charge in [-0.2, -0.15) is 0 Å². The zero-order valence-corrected chi connectivity index (χ0v) is 13.8. The molecule has 2 N–H and O–H groups in total. The van der Waals surface area contributed by atoms with Crippen molar-refractivity contribution in [1.82, 2.24) is 10.6 Å². The molecule has 1 rings (SSSR count). The largest absolute Gasteiger partial charge is 0.466 e. The summed E-state index contributed by atoms with van der Waals surface area (Å²) in [5, 5.41) is 6.73. The van der Waals surface area contributed by atoms with Gasteiger partial charge >= 0.3 is 5.97 Å². The van der Waals surface area contributed by atoms with Gasteiger partial charge in [0.25, 0.3) is 0 Å². The number of hydrogen-bond donors (Lipinski definition) is 2. The topological polar surface area (TPSA) is 62.7 Å². The van der Waals surface area contributed by atoms with Crippen LogP contribution in [0.3, 0.4) is 0 Å². The number of nitrogens with zero attached hydrogens (tertiary/aromatic N) is 1. The number of unbranched alkanes of at least 4 members (excludes halogenated alkanes) is 3. The molecule has 0 spiro atoms. The first kappa shape index (κ1) is 17.8. The summed E-state index contributed by atoms with van der Waals surface area (Å²) in [6, 6.07) is 0.604. The third-order valence-corrected chi connectivity index (χ3v) is 3.64. The lowest BCUT2D eigenvalue weighted by Crippen LogP contribution is -2.39. The first-order valence-corrected chi connectivity index (χ1v) is 8.37. The smallest absolute Gasteiger partial charge is 0.305 e. The molecule has 2 unspecified atom stereocenters. The maximum atomic E-state index is 11.2. The van der Waals surface area contributed by atoms with E-state index in [0.717, 1.165) is 50.7 Å². The first-order valence-electron chi connectivity index (χ1n) is 8.37. The second-order valence-electron chi connectivity index (χ2n) is 5.69. The normalized spacial score (nSPS) is 21.0. The molecule has 0 radical (unpaired) electrons. The number of guanidine groups is 1. The van der Waals surface area contributed by atoms with Crippen molar-refractivity contribution in [3.8, 4) is 0 Å². The molecule has 122 valence electrons. The highest BCUT2D eigenvalue weighted by atomic mass is 16.5. The van der Waals surface area contributed by atoms with Crippen LogP contribution in [0.25, 0.3) is 0 Å². The highest BCUT2D eigenvalue weighted by Gasteiger charge is 2.33. The van der Waals surface area contributed by atoms with Crippen molar-refractivity contribution in [2.45, 2.75) is 65.3 Å². The molecule has 0 aromatic rings. The van der Waals surface area contributed by atoms with Gasteiger partial charge in [-0.1, -0.05) is 19.8 Å². The van der Waals surface area contributed by atoms with Crippen LogP contribution < -0.4 is 10.6 Å². The average molecular weight is 297 g/mol. The zero-order valence-electron chi connectivity index (χ0n) is 13.8. The molecule has 0 aromatic heterocycles. The van der Waals surface area contributed by atoms with Crippen LogP contribution in [0.15, 0.2) is 4.99 Å². The highest BCUT2D eigenvalue weighted by molar-refractivity contribution is 5.80. The van der Waals surface area contributed by atoms with E-state index in [1.165, 1.54) is 6.42 Å². The Hall–Kier alpha value is -1.26. The number of rotatable bonds is 10. The molecule has 21 heavy (non-hydrogen) atoms. The lowest BCUT2D eigenvalue weighted by atomic mass is 10.1. The Balaban J connectivity index is 2.04. The fourth-order valence-electron chi connectivity index (χ4n) is 2.18. The molecule has 1 aliphatic rings. The SMILES string of the molecule is CCNC(=NCCCCCCC(=O)OCC)NC1CC1C. The second-order valence-corrected chi connectivity index (χ2v) is 5.69. The Morgan fingerprint density at radius 1 is 1.24 bits per heavy atom. The van der Waals surface area contributed by atoms with Crippen molar-refractivity contribution >= 4 is 11.9 Å². The monoisotopic (exact) mass is 297 g/mol. The molecule has 1 aliphatic carbocycles. The molecule has 5 nitrogen and oxygen atoms in total. The van der Waals surface area contributed by atoms with E-state index in [1.807, 2.05) is 6.92 Å². The predicted octanol–water partition coefficient (Wildman–Crippen LogP) is 2.46. The summed E-state index contributed by atoms with van der Waals surface area (Å²) in [7, 11) is 0. The maximum Gasteiger partial charge on any atom is 0.305 e. The van der Waals surface area contributed by atoms with Crippen LogP contribution in [-0.2, 0) is 9.53 Å². The van der Waals surface area contributed by atoms with Crippen molar-refractivity contribution in [3.63, 3.8) is 0 Å². The molecule has 0 amide bonds. The van der Waals surface area contributed by atoms with Gasteiger partial charge in [0.05, 0.1) is 6.61 Å². The summed E-state index contributed by atoms with van der Waals surface area (Å²) in [6.07, 6.45) is 5.96. The summed E-state index contributed by atoms with van der Waals surface area (Å²) in [5.41, 5.74) is 0. The van der Waals surface area contributed by atoms with E-state index in [4.69, 9.17) is 4.74 Å². The Labute approximate surface area is 128 Å². The van der Waals surface area contributed by atoms with E-state index >= 15 is 0 Å². The average Bonchev–Trinajstić information content (AvgIpc) is 3.13. The molecule has 5 heteroatoms. The number of nitrogens with one attached hydrogen (secondary N) is 2. The molecule has 2 atom stereocenters. The van der Waals surface area contributed by atoms with Crippen molar-refractivity contribution in [2.75, 3.05) is 19.7 Å². The molecule has 0 saturated heterocycles. The van der Waals surface area contributed by atoms with E-state index in [9.17, 15) is 4.79 Å². The van der Waals surface area contributed by atoms with E-state index in [0.29, 0.717) is 19.1 Å². The maximum absolute atomic E-state index is 11.2. The number of carbonyl (C=O) groups is 1. The van der Waals surface area contributed by atoms with Gasteiger partial charge in [-0.05, 0) is 39.0 Å². The van der Waals surface area contributed by atoms with Crippen LogP contribution in [0.4, 0.5) is 0 Å². The first-order chi connectivity index (χ1) is 10.2. The van der Waals surface area contributed by atoms with Gasteiger partial charge in [0.2, 0.25) is 0 Å². The molecule has 0 heterocycles. The fraction of sp³-hybridized carbons (Fsp3) is 0.875.